The monoisotopic (exact) mass is 620 g/mol. The molecule has 2 N–H and O–H groups in total. The van der Waals surface area contributed by atoms with Gasteiger partial charge in [-0.1, -0.05) is 18.9 Å². The van der Waals surface area contributed by atoms with E-state index in [2.05, 4.69) is 57.5 Å². The number of aryl methyl sites for hydroxylation is 1. The predicted octanol–water partition coefficient (Wildman–Crippen LogP) is 7.49. The molecule has 0 aliphatic carbocycles. The topological polar surface area (TPSA) is 48.4 Å². The van der Waals surface area contributed by atoms with Crippen molar-refractivity contribution in [1.82, 2.24) is 9.55 Å². The molecule has 1 aliphatic heterocycles. The molecule has 0 bridgehead atoms. The van der Waals surface area contributed by atoms with Crippen LogP contribution in [0.25, 0.3) is 10.9 Å². The van der Waals surface area contributed by atoms with Gasteiger partial charge in [0.2, 0.25) is 0 Å². The van der Waals surface area contributed by atoms with E-state index in [0.717, 1.165) is 60.6 Å². The van der Waals surface area contributed by atoms with Crippen LogP contribution in [0.1, 0.15) is 31.0 Å². The summed E-state index contributed by atoms with van der Waals surface area (Å²) in [6, 6.07) is 17.9. The number of alkyl halides is 3. The largest absolute Gasteiger partial charge is 0.406 e. The minimum Gasteiger partial charge on any atom is -0.382 e. The van der Waals surface area contributed by atoms with Crippen LogP contribution < -0.4 is 20.4 Å². The van der Waals surface area contributed by atoms with E-state index in [1.54, 1.807) is 23.9 Å². The lowest BCUT2D eigenvalue weighted by atomic mass is 10.0. The smallest absolute Gasteiger partial charge is 0.382 e. The van der Waals surface area contributed by atoms with Crippen molar-refractivity contribution in [1.29, 1.82) is 0 Å². The van der Waals surface area contributed by atoms with Gasteiger partial charge < -0.3 is 25.0 Å². The zero-order valence-corrected chi connectivity index (χ0v) is 26.4. The summed E-state index contributed by atoms with van der Waals surface area (Å²) in [7, 11) is 3.94. The summed E-state index contributed by atoms with van der Waals surface area (Å²) in [5.74, 6) is 7.00. The normalized spacial score (nSPS) is 13.9. The molecule has 0 atom stereocenters. The van der Waals surface area contributed by atoms with Gasteiger partial charge in [-0.25, -0.2) is 4.98 Å². The molecular formula is C34H39F3N6S. The van der Waals surface area contributed by atoms with E-state index in [9.17, 15) is 13.2 Å². The number of thioether (sulfide) groups is 1. The summed E-state index contributed by atoms with van der Waals surface area (Å²) in [4.78, 5) is 10.0. The van der Waals surface area contributed by atoms with E-state index in [1.165, 1.54) is 15.0 Å². The van der Waals surface area contributed by atoms with Crippen molar-refractivity contribution in [2.24, 2.45) is 0 Å². The molecule has 4 aromatic rings. The van der Waals surface area contributed by atoms with E-state index in [4.69, 9.17) is 0 Å². The SMILES string of the molecule is CCc1cc(SC)ccc1NCC#Cc1cc2c(NC3CCN(c4ccc(N(C)C)nc4)CC3)cccc2n1CC(F)(F)F. The lowest BCUT2D eigenvalue weighted by Gasteiger charge is -2.34. The van der Waals surface area contributed by atoms with E-state index in [-0.39, 0.29) is 6.04 Å². The Hall–Kier alpha value is -3.97. The van der Waals surface area contributed by atoms with Gasteiger partial charge in [0.05, 0.1) is 29.6 Å². The number of pyridine rings is 1. The van der Waals surface area contributed by atoms with Crippen molar-refractivity contribution in [3.63, 3.8) is 0 Å². The van der Waals surface area contributed by atoms with Crippen molar-refractivity contribution >= 4 is 45.5 Å². The Balaban J connectivity index is 1.31. The number of rotatable bonds is 9. The summed E-state index contributed by atoms with van der Waals surface area (Å²) < 4.78 is 42.3. The average Bonchev–Trinajstić information content (AvgIpc) is 3.36. The molecule has 3 heterocycles. The van der Waals surface area contributed by atoms with E-state index in [1.807, 2.05) is 55.7 Å². The quantitative estimate of drug-likeness (QED) is 0.149. The van der Waals surface area contributed by atoms with Gasteiger partial charge in [-0.2, -0.15) is 13.2 Å². The van der Waals surface area contributed by atoms with Gasteiger partial charge in [-0.05, 0) is 85.5 Å². The highest BCUT2D eigenvalue weighted by Gasteiger charge is 2.30. The number of nitrogens with one attached hydrogen (secondary N) is 2. The second-order valence-corrected chi connectivity index (χ2v) is 12.1. The summed E-state index contributed by atoms with van der Waals surface area (Å²) in [6.45, 7) is 3.08. The molecule has 1 fully saturated rings. The van der Waals surface area contributed by atoms with E-state index in [0.29, 0.717) is 17.8 Å². The van der Waals surface area contributed by atoms with Crippen LogP contribution in [-0.4, -0.2) is 61.8 Å². The first kappa shape index (κ1) is 31.5. The molecule has 44 heavy (non-hydrogen) atoms. The Bertz CT molecular complexity index is 1630. The zero-order chi connectivity index (χ0) is 31.3. The molecule has 0 unspecified atom stereocenters. The number of fused-ring (bicyclic) bond motifs is 1. The summed E-state index contributed by atoms with van der Waals surface area (Å²) in [6.07, 6.45) is 2.28. The molecule has 2 aromatic heterocycles. The summed E-state index contributed by atoms with van der Waals surface area (Å²) in [5.41, 5.74) is 4.99. The maximum absolute atomic E-state index is 13.7. The van der Waals surface area contributed by atoms with Gasteiger partial charge >= 0.3 is 6.18 Å². The molecule has 5 rings (SSSR count). The van der Waals surface area contributed by atoms with E-state index < -0.39 is 12.7 Å². The first-order valence-electron chi connectivity index (χ1n) is 14.9. The van der Waals surface area contributed by atoms with Crippen molar-refractivity contribution in [3.8, 4) is 11.8 Å². The molecule has 1 aliphatic rings. The van der Waals surface area contributed by atoms with Crippen LogP contribution in [0.5, 0.6) is 0 Å². The fourth-order valence-corrected chi connectivity index (χ4v) is 6.10. The Morgan fingerprint density at radius 2 is 1.84 bits per heavy atom. The van der Waals surface area contributed by atoms with Crippen LogP contribution in [0.4, 0.5) is 36.1 Å². The predicted molar refractivity (Wildman–Crippen MR) is 178 cm³/mol. The Kier molecular flexibility index (Phi) is 9.84. The third kappa shape index (κ3) is 7.56. The van der Waals surface area contributed by atoms with Crippen LogP contribution in [-0.2, 0) is 13.0 Å². The number of aromatic nitrogens is 2. The number of piperidine rings is 1. The first-order chi connectivity index (χ1) is 21.1. The second-order valence-electron chi connectivity index (χ2n) is 11.2. The van der Waals surface area contributed by atoms with Crippen molar-refractivity contribution in [2.75, 3.05) is 60.4 Å². The molecule has 2 aromatic carbocycles. The van der Waals surface area contributed by atoms with Crippen LogP contribution in [0.3, 0.4) is 0 Å². The summed E-state index contributed by atoms with van der Waals surface area (Å²) in [5, 5.41) is 7.72. The molecule has 10 heteroatoms. The van der Waals surface area contributed by atoms with Crippen LogP contribution in [0.2, 0.25) is 0 Å². The molecule has 0 radical (unpaired) electrons. The third-order valence-corrected chi connectivity index (χ3v) is 8.70. The van der Waals surface area contributed by atoms with Crippen LogP contribution in [0.15, 0.2) is 65.7 Å². The highest BCUT2D eigenvalue weighted by atomic mass is 32.2. The highest BCUT2D eigenvalue weighted by Crippen LogP contribution is 2.32. The van der Waals surface area contributed by atoms with Crippen LogP contribution in [0, 0.1) is 11.8 Å². The van der Waals surface area contributed by atoms with Crippen molar-refractivity contribution in [2.45, 2.75) is 49.8 Å². The number of anilines is 4. The van der Waals surface area contributed by atoms with Crippen LogP contribution >= 0.6 is 11.8 Å². The standard InChI is InChI=1S/C34H39F3N6S/c1-5-24-20-28(44-4)12-13-30(24)38-17-7-8-26-21-29-31(9-6-10-32(29)43(26)23-34(35,36)37)40-25-15-18-42(19-16-25)27-11-14-33(39-22-27)41(2)3/h6,9-14,20-22,25,38,40H,5,15-19,23H2,1-4H3. The van der Waals surface area contributed by atoms with Gasteiger partial charge in [-0.3, -0.25) is 0 Å². The minimum atomic E-state index is -4.37. The molecule has 232 valence electrons. The molecular weight excluding hydrogens is 581 g/mol. The van der Waals surface area contributed by atoms with Gasteiger partial charge in [0.1, 0.15) is 12.4 Å². The number of hydrogen-bond acceptors (Lipinski definition) is 6. The number of benzene rings is 2. The number of hydrogen-bond donors (Lipinski definition) is 2. The Morgan fingerprint density at radius 3 is 2.50 bits per heavy atom. The van der Waals surface area contributed by atoms with Gasteiger partial charge in [0.15, 0.2) is 0 Å². The van der Waals surface area contributed by atoms with Crippen molar-refractivity contribution in [3.05, 3.63) is 72.1 Å². The number of nitrogens with zero attached hydrogens (tertiary/aromatic N) is 4. The van der Waals surface area contributed by atoms with Gasteiger partial charge in [0.25, 0.3) is 0 Å². The molecule has 0 spiro atoms. The maximum atomic E-state index is 13.7. The fourth-order valence-electron chi connectivity index (χ4n) is 5.63. The molecule has 6 nitrogen and oxygen atoms in total. The average molecular weight is 621 g/mol. The fraction of sp³-hybridized carbons (Fsp3) is 0.382. The number of halogens is 3. The van der Waals surface area contributed by atoms with E-state index >= 15 is 0 Å². The lowest BCUT2D eigenvalue weighted by Crippen LogP contribution is -2.39. The molecule has 0 amide bonds. The first-order valence-corrected chi connectivity index (χ1v) is 16.1. The van der Waals surface area contributed by atoms with Crippen molar-refractivity contribution < 1.29 is 13.2 Å². The third-order valence-electron chi connectivity index (χ3n) is 7.97. The lowest BCUT2D eigenvalue weighted by molar-refractivity contribution is -0.140. The second kappa shape index (κ2) is 13.8. The maximum Gasteiger partial charge on any atom is 0.406 e. The zero-order valence-electron chi connectivity index (χ0n) is 25.6. The molecule has 0 saturated carbocycles. The highest BCUT2D eigenvalue weighted by molar-refractivity contribution is 7.98. The summed E-state index contributed by atoms with van der Waals surface area (Å²) >= 11 is 1.69. The molecule has 1 saturated heterocycles. The Morgan fingerprint density at radius 1 is 1.05 bits per heavy atom. The van der Waals surface area contributed by atoms with Gasteiger partial charge in [-0.15, -0.1) is 11.8 Å². The van der Waals surface area contributed by atoms with Gasteiger partial charge in [0, 0.05) is 54.9 Å². The minimum absolute atomic E-state index is 0.209. The Labute approximate surface area is 262 Å².